The number of aromatic nitrogens is 3. The highest BCUT2D eigenvalue weighted by Gasteiger charge is 2.35. The fraction of sp³-hybridized carbons (Fsp3) is 0.571. The van der Waals surface area contributed by atoms with E-state index in [4.69, 9.17) is 0 Å². The molecule has 1 N–H and O–H groups in total. The molecule has 2 aromatic rings. The van der Waals surface area contributed by atoms with Crippen LogP contribution >= 0.6 is 0 Å². The van der Waals surface area contributed by atoms with Crippen LogP contribution in [0.4, 0.5) is 0 Å². The van der Waals surface area contributed by atoms with E-state index < -0.39 is 9.84 Å². The summed E-state index contributed by atoms with van der Waals surface area (Å²) in [6, 6.07) is 5.70. The predicted octanol–water partition coefficient (Wildman–Crippen LogP) is 1.35. The molecule has 1 aliphatic carbocycles. The number of fused-ring (bicyclic) bond motifs is 1. The molecule has 0 spiro atoms. The molecule has 6 nitrogen and oxygen atoms in total. The van der Waals surface area contributed by atoms with E-state index in [0.717, 1.165) is 30.7 Å². The van der Waals surface area contributed by atoms with Gasteiger partial charge >= 0.3 is 0 Å². The van der Waals surface area contributed by atoms with Crippen molar-refractivity contribution in [3.8, 4) is 0 Å². The second-order valence-electron chi connectivity index (χ2n) is 5.78. The van der Waals surface area contributed by atoms with Crippen molar-refractivity contribution in [3.63, 3.8) is 0 Å². The van der Waals surface area contributed by atoms with Gasteiger partial charge in [-0.3, -0.25) is 4.40 Å². The number of hydrogen-bond donors (Lipinski definition) is 1. The van der Waals surface area contributed by atoms with E-state index in [0.29, 0.717) is 0 Å². The fourth-order valence-corrected chi connectivity index (χ4v) is 4.59. The molecule has 3 atom stereocenters. The monoisotopic (exact) mass is 308 g/mol. The number of pyridine rings is 1. The van der Waals surface area contributed by atoms with Crippen molar-refractivity contribution in [1.29, 1.82) is 0 Å². The van der Waals surface area contributed by atoms with E-state index in [9.17, 15) is 8.42 Å². The third-order valence-electron chi connectivity index (χ3n) is 4.19. The molecule has 21 heavy (non-hydrogen) atoms. The van der Waals surface area contributed by atoms with E-state index >= 15 is 0 Å². The van der Waals surface area contributed by atoms with Crippen molar-refractivity contribution in [1.82, 2.24) is 19.9 Å². The standard InChI is InChI=1S/C14H20N4O2S/c1-10(14-17-16-13-8-3-4-9-18(13)14)15-11-6-5-7-12(11)21(2,19)20/h3-4,8-12,15H,5-7H2,1-2H3. The first-order chi connectivity index (χ1) is 9.97. The maximum absolute atomic E-state index is 11.9. The Labute approximate surface area is 124 Å². The third kappa shape index (κ3) is 2.80. The van der Waals surface area contributed by atoms with Crippen molar-refractivity contribution in [2.75, 3.05) is 6.26 Å². The minimum Gasteiger partial charge on any atom is -0.303 e. The highest BCUT2D eigenvalue weighted by Crippen LogP contribution is 2.27. The molecule has 1 saturated carbocycles. The summed E-state index contributed by atoms with van der Waals surface area (Å²) in [7, 11) is -3.01. The lowest BCUT2D eigenvalue weighted by atomic mass is 10.2. The summed E-state index contributed by atoms with van der Waals surface area (Å²) in [5.74, 6) is 0.810. The van der Waals surface area contributed by atoms with E-state index in [1.807, 2.05) is 35.7 Å². The molecule has 1 aliphatic rings. The van der Waals surface area contributed by atoms with Gasteiger partial charge in [0.2, 0.25) is 0 Å². The van der Waals surface area contributed by atoms with Gasteiger partial charge in [-0.1, -0.05) is 12.5 Å². The highest BCUT2D eigenvalue weighted by atomic mass is 32.2. The van der Waals surface area contributed by atoms with Crippen LogP contribution in [0.25, 0.3) is 5.65 Å². The molecule has 0 saturated heterocycles. The van der Waals surface area contributed by atoms with E-state index in [1.165, 1.54) is 6.26 Å². The summed E-state index contributed by atoms with van der Waals surface area (Å²) >= 11 is 0. The fourth-order valence-electron chi connectivity index (χ4n) is 3.18. The van der Waals surface area contributed by atoms with Crippen molar-refractivity contribution in [3.05, 3.63) is 30.2 Å². The van der Waals surface area contributed by atoms with Crippen molar-refractivity contribution >= 4 is 15.5 Å². The van der Waals surface area contributed by atoms with Gasteiger partial charge in [-0.15, -0.1) is 10.2 Å². The average Bonchev–Trinajstić information content (AvgIpc) is 3.03. The van der Waals surface area contributed by atoms with Gasteiger partial charge in [0, 0.05) is 18.5 Å². The highest BCUT2D eigenvalue weighted by molar-refractivity contribution is 7.91. The van der Waals surface area contributed by atoms with Gasteiger partial charge in [0.15, 0.2) is 21.3 Å². The first kappa shape index (κ1) is 14.5. The van der Waals surface area contributed by atoms with Crippen molar-refractivity contribution in [2.45, 2.75) is 43.5 Å². The van der Waals surface area contributed by atoms with Gasteiger partial charge in [-0.05, 0) is 31.9 Å². The molecular formula is C14H20N4O2S. The van der Waals surface area contributed by atoms with Gasteiger partial charge in [-0.2, -0.15) is 0 Å². The van der Waals surface area contributed by atoms with Crippen LogP contribution in [0.2, 0.25) is 0 Å². The quantitative estimate of drug-likeness (QED) is 0.922. The van der Waals surface area contributed by atoms with Crippen LogP contribution < -0.4 is 5.32 Å². The molecule has 2 heterocycles. The second-order valence-corrected chi connectivity index (χ2v) is 8.05. The Morgan fingerprint density at radius 1 is 1.33 bits per heavy atom. The van der Waals surface area contributed by atoms with E-state index in [1.54, 1.807) is 0 Å². The maximum atomic E-state index is 11.9. The van der Waals surface area contributed by atoms with Gasteiger partial charge in [-0.25, -0.2) is 8.42 Å². The van der Waals surface area contributed by atoms with Crippen molar-refractivity contribution in [2.24, 2.45) is 0 Å². The SMILES string of the molecule is CC(NC1CCCC1S(C)(=O)=O)c1nnc2ccccn12. The van der Waals surface area contributed by atoms with Gasteiger partial charge in [0.1, 0.15) is 0 Å². The van der Waals surface area contributed by atoms with Gasteiger partial charge < -0.3 is 5.32 Å². The molecule has 3 rings (SSSR count). The molecule has 0 aromatic carbocycles. The molecule has 1 fully saturated rings. The van der Waals surface area contributed by atoms with Crippen LogP contribution in [0.1, 0.15) is 38.1 Å². The molecule has 0 aliphatic heterocycles. The maximum Gasteiger partial charge on any atom is 0.160 e. The summed E-state index contributed by atoms with van der Waals surface area (Å²) in [6.45, 7) is 2.00. The third-order valence-corrected chi connectivity index (χ3v) is 5.86. The van der Waals surface area contributed by atoms with Crippen LogP contribution in [0.3, 0.4) is 0 Å². The molecular weight excluding hydrogens is 288 g/mol. The van der Waals surface area contributed by atoms with Crippen LogP contribution in [0.5, 0.6) is 0 Å². The smallest absolute Gasteiger partial charge is 0.160 e. The summed E-state index contributed by atoms with van der Waals surface area (Å²) < 4.78 is 25.6. The van der Waals surface area contributed by atoms with E-state index in [2.05, 4.69) is 15.5 Å². The summed E-state index contributed by atoms with van der Waals surface area (Å²) in [5, 5.41) is 11.5. The first-order valence-electron chi connectivity index (χ1n) is 7.21. The summed E-state index contributed by atoms with van der Waals surface area (Å²) in [5.41, 5.74) is 0.798. The number of rotatable bonds is 4. The van der Waals surface area contributed by atoms with Crippen LogP contribution in [-0.2, 0) is 9.84 Å². The second kappa shape index (κ2) is 5.38. The zero-order valence-electron chi connectivity index (χ0n) is 12.2. The Morgan fingerprint density at radius 3 is 2.90 bits per heavy atom. The summed E-state index contributed by atoms with van der Waals surface area (Å²) in [6.07, 6.45) is 5.83. The van der Waals surface area contributed by atoms with Crippen LogP contribution in [0, 0.1) is 0 Å². The molecule has 0 bridgehead atoms. The van der Waals surface area contributed by atoms with Crippen LogP contribution in [-0.4, -0.2) is 40.6 Å². The lowest BCUT2D eigenvalue weighted by molar-refractivity contribution is 0.441. The minimum absolute atomic E-state index is 0.00828. The number of hydrogen-bond acceptors (Lipinski definition) is 5. The Morgan fingerprint density at radius 2 is 2.14 bits per heavy atom. The number of nitrogens with one attached hydrogen (secondary N) is 1. The first-order valence-corrected chi connectivity index (χ1v) is 9.17. The minimum atomic E-state index is -3.01. The molecule has 0 amide bonds. The molecule has 7 heteroatoms. The molecule has 0 radical (unpaired) electrons. The summed E-state index contributed by atoms with van der Waals surface area (Å²) in [4.78, 5) is 0. The largest absolute Gasteiger partial charge is 0.303 e. The lowest BCUT2D eigenvalue weighted by Crippen LogP contribution is -2.41. The molecule has 2 aromatic heterocycles. The number of nitrogens with zero attached hydrogens (tertiary/aromatic N) is 3. The molecule has 3 unspecified atom stereocenters. The average molecular weight is 308 g/mol. The van der Waals surface area contributed by atoms with Gasteiger partial charge in [0.05, 0.1) is 11.3 Å². The topological polar surface area (TPSA) is 76.4 Å². The number of sulfone groups is 1. The Bertz CT molecular complexity index is 740. The van der Waals surface area contributed by atoms with Gasteiger partial charge in [0.25, 0.3) is 0 Å². The van der Waals surface area contributed by atoms with Crippen molar-refractivity contribution < 1.29 is 8.42 Å². The molecule has 114 valence electrons. The van der Waals surface area contributed by atoms with Crippen LogP contribution in [0.15, 0.2) is 24.4 Å². The Kier molecular flexibility index (Phi) is 3.71. The Hall–Kier alpha value is -1.47. The zero-order valence-corrected chi connectivity index (χ0v) is 13.0. The lowest BCUT2D eigenvalue weighted by Gasteiger charge is -2.23. The predicted molar refractivity (Wildman–Crippen MR) is 80.8 cm³/mol. The normalized spacial score (nSPS) is 24.5. The van der Waals surface area contributed by atoms with E-state index in [-0.39, 0.29) is 17.3 Å². The zero-order chi connectivity index (χ0) is 15.0. The Balaban J connectivity index is 1.82.